The zero-order valence-corrected chi connectivity index (χ0v) is 16.5. The van der Waals surface area contributed by atoms with E-state index < -0.39 is 5.91 Å². The predicted octanol–water partition coefficient (Wildman–Crippen LogP) is 3.89. The van der Waals surface area contributed by atoms with Crippen molar-refractivity contribution in [3.63, 3.8) is 0 Å². The molecule has 0 aliphatic rings. The lowest BCUT2D eigenvalue weighted by atomic mass is 10.1. The maximum absolute atomic E-state index is 12.6. The highest BCUT2D eigenvalue weighted by Gasteiger charge is 2.13. The molecule has 152 valence electrons. The second-order valence-corrected chi connectivity index (χ2v) is 6.87. The first-order chi connectivity index (χ1) is 14.9. The summed E-state index contributed by atoms with van der Waals surface area (Å²) in [6.07, 6.45) is 0. The number of carbonyl (C=O) groups excluding carboxylic acids is 2. The molecular weight excluding hydrogens is 394 g/mol. The first-order valence-corrected chi connectivity index (χ1v) is 9.32. The number of anilines is 1. The van der Waals surface area contributed by atoms with Gasteiger partial charge in [0.15, 0.2) is 5.69 Å². The standard InChI is InChI=1S/C23H17N5O3/c1-13-10-14(12-24)2-9-20(13)31-17-6-3-15(4-7-17)23(30)26-16-5-8-19-18(11-16)21(22(25)29)28-27-19/h2-11H,1H3,(H2,25,29)(H,26,30)(H,27,28). The van der Waals surface area contributed by atoms with Crippen molar-refractivity contribution in [2.75, 3.05) is 5.32 Å². The molecule has 2 amide bonds. The fourth-order valence-electron chi connectivity index (χ4n) is 3.12. The van der Waals surface area contributed by atoms with Crippen molar-refractivity contribution in [1.29, 1.82) is 5.26 Å². The number of aromatic nitrogens is 2. The van der Waals surface area contributed by atoms with Gasteiger partial charge < -0.3 is 15.8 Å². The van der Waals surface area contributed by atoms with E-state index in [1.54, 1.807) is 60.7 Å². The minimum Gasteiger partial charge on any atom is -0.457 e. The molecule has 0 unspecified atom stereocenters. The van der Waals surface area contributed by atoms with Gasteiger partial charge in [0.1, 0.15) is 11.5 Å². The molecule has 1 aromatic heterocycles. The lowest BCUT2D eigenvalue weighted by Gasteiger charge is -2.10. The van der Waals surface area contributed by atoms with E-state index in [0.717, 1.165) is 5.56 Å². The molecule has 0 bridgehead atoms. The lowest BCUT2D eigenvalue weighted by molar-refractivity contribution is 0.0995. The van der Waals surface area contributed by atoms with Gasteiger partial charge in [0, 0.05) is 16.6 Å². The summed E-state index contributed by atoms with van der Waals surface area (Å²) in [5.41, 5.74) is 8.43. The summed E-state index contributed by atoms with van der Waals surface area (Å²) >= 11 is 0. The number of nitrogens with zero attached hydrogens (tertiary/aromatic N) is 2. The maximum atomic E-state index is 12.6. The molecule has 0 saturated heterocycles. The van der Waals surface area contributed by atoms with Gasteiger partial charge in [0.2, 0.25) is 0 Å². The number of rotatable bonds is 5. The molecule has 3 aromatic carbocycles. The van der Waals surface area contributed by atoms with Crippen LogP contribution in [0.4, 0.5) is 5.69 Å². The number of aromatic amines is 1. The number of benzene rings is 3. The largest absolute Gasteiger partial charge is 0.457 e. The third kappa shape index (κ3) is 4.06. The summed E-state index contributed by atoms with van der Waals surface area (Å²) in [6.45, 7) is 1.86. The summed E-state index contributed by atoms with van der Waals surface area (Å²) in [5, 5.41) is 18.9. The Balaban J connectivity index is 1.48. The van der Waals surface area contributed by atoms with Gasteiger partial charge in [-0.25, -0.2) is 0 Å². The zero-order chi connectivity index (χ0) is 22.0. The van der Waals surface area contributed by atoms with Gasteiger partial charge in [-0.2, -0.15) is 10.4 Å². The number of primary amides is 1. The van der Waals surface area contributed by atoms with E-state index in [4.69, 9.17) is 15.7 Å². The van der Waals surface area contributed by atoms with E-state index in [0.29, 0.717) is 39.2 Å². The summed E-state index contributed by atoms with van der Waals surface area (Å²) in [7, 11) is 0. The Morgan fingerprint density at radius 3 is 2.55 bits per heavy atom. The third-order valence-electron chi connectivity index (χ3n) is 4.70. The highest BCUT2D eigenvalue weighted by molar-refractivity contribution is 6.08. The Hall–Kier alpha value is -4.64. The number of ether oxygens (including phenoxy) is 1. The van der Waals surface area contributed by atoms with Crippen LogP contribution in [0.5, 0.6) is 11.5 Å². The molecule has 8 nitrogen and oxygen atoms in total. The van der Waals surface area contributed by atoms with E-state index >= 15 is 0 Å². The Bertz CT molecular complexity index is 1350. The average Bonchev–Trinajstić information content (AvgIpc) is 3.19. The molecule has 0 fully saturated rings. The number of carbonyl (C=O) groups is 2. The van der Waals surface area contributed by atoms with Gasteiger partial charge in [-0.3, -0.25) is 14.7 Å². The van der Waals surface area contributed by atoms with Crippen LogP contribution in [0.2, 0.25) is 0 Å². The van der Waals surface area contributed by atoms with E-state index in [9.17, 15) is 9.59 Å². The van der Waals surface area contributed by atoms with Crippen molar-refractivity contribution in [2.24, 2.45) is 5.73 Å². The Morgan fingerprint density at radius 2 is 1.87 bits per heavy atom. The molecule has 0 aliphatic heterocycles. The summed E-state index contributed by atoms with van der Waals surface area (Å²) in [6, 6.07) is 19.0. The number of amides is 2. The molecule has 4 aromatic rings. The molecule has 1 heterocycles. The van der Waals surface area contributed by atoms with Crippen LogP contribution in [0.25, 0.3) is 10.9 Å². The fourth-order valence-corrected chi connectivity index (χ4v) is 3.12. The van der Waals surface area contributed by atoms with Crippen molar-refractivity contribution in [3.8, 4) is 17.6 Å². The van der Waals surface area contributed by atoms with Gasteiger partial charge in [-0.15, -0.1) is 0 Å². The highest BCUT2D eigenvalue weighted by Crippen LogP contribution is 2.26. The summed E-state index contributed by atoms with van der Waals surface area (Å²) < 4.78 is 5.84. The first-order valence-electron chi connectivity index (χ1n) is 9.32. The molecule has 0 spiro atoms. The molecule has 0 aliphatic carbocycles. The van der Waals surface area contributed by atoms with Crippen LogP contribution in [-0.2, 0) is 0 Å². The molecule has 31 heavy (non-hydrogen) atoms. The predicted molar refractivity (Wildman–Crippen MR) is 115 cm³/mol. The molecular formula is C23H17N5O3. The average molecular weight is 411 g/mol. The molecule has 4 N–H and O–H groups in total. The third-order valence-corrected chi connectivity index (χ3v) is 4.70. The number of fused-ring (bicyclic) bond motifs is 1. The summed E-state index contributed by atoms with van der Waals surface area (Å²) in [5.74, 6) is 0.234. The zero-order valence-electron chi connectivity index (χ0n) is 16.5. The second-order valence-electron chi connectivity index (χ2n) is 6.87. The second kappa shape index (κ2) is 8.00. The van der Waals surface area contributed by atoms with Gasteiger partial charge in [-0.05, 0) is 73.2 Å². The maximum Gasteiger partial charge on any atom is 0.269 e. The summed E-state index contributed by atoms with van der Waals surface area (Å²) in [4.78, 5) is 24.1. The number of aryl methyl sites for hydroxylation is 1. The van der Waals surface area contributed by atoms with Crippen LogP contribution < -0.4 is 15.8 Å². The number of nitrogens with two attached hydrogens (primary N) is 1. The minimum atomic E-state index is -0.650. The van der Waals surface area contributed by atoms with E-state index in [1.807, 2.05) is 6.92 Å². The van der Waals surface area contributed by atoms with E-state index in [2.05, 4.69) is 21.6 Å². The highest BCUT2D eigenvalue weighted by atomic mass is 16.5. The van der Waals surface area contributed by atoms with Crippen LogP contribution >= 0.6 is 0 Å². The number of H-pyrrole nitrogens is 1. The van der Waals surface area contributed by atoms with Crippen molar-refractivity contribution in [1.82, 2.24) is 10.2 Å². The van der Waals surface area contributed by atoms with Crippen molar-refractivity contribution < 1.29 is 14.3 Å². The number of hydrogen-bond donors (Lipinski definition) is 3. The number of nitriles is 1. The van der Waals surface area contributed by atoms with Gasteiger partial charge in [-0.1, -0.05) is 0 Å². The molecule has 0 radical (unpaired) electrons. The lowest BCUT2D eigenvalue weighted by Crippen LogP contribution is -2.13. The number of nitrogens with one attached hydrogen (secondary N) is 2. The van der Waals surface area contributed by atoms with Gasteiger partial charge in [0.05, 0.1) is 17.1 Å². The molecule has 4 rings (SSSR count). The van der Waals surface area contributed by atoms with Gasteiger partial charge >= 0.3 is 0 Å². The first kappa shape index (κ1) is 19.7. The SMILES string of the molecule is Cc1cc(C#N)ccc1Oc1ccc(C(=O)Nc2ccc3[nH]nc(C(N)=O)c3c2)cc1. The van der Waals surface area contributed by atoms with Crippen molar-refractivity contribution in [2.45, 2.75) is 6.92 Å². The molecule has 8 heteroatoms. The normalized spacial score (nSPS) is 10.5. The van der Waals surface area contributed by atoms with Crippen molar-refractivity contribution in [3.05, 3.63) is 83.0 Å². The van der Waals surface area contributed by atoms with Crippen LogP contribution in [0.3, 0.4) is 0 Å². The smallest absolute Gasteiger partial charge is 0.269 e. The van der Waals surface area contributed by atoms with Crippen LogP contribution in [0, 0.1) is 18.3 Å². The molecule has 0 atom stereocenters. The monoisotopic (exact) mass is 411 g/mol. The van der Waals surface area contributed by atoms with Crippen LogP contribution in [0.1, 0.15) is 32.0 Å². The number of hydrogen-bond acceptors (Lipinski definition) is 5. The van der Waals surface area contributed by atoms with Gasteiger partial charge in [0.25, 0.3) is 11.8 Å². The Labute approximate surface area is 177 Å². The fraction of sp³-hybridized carbons (Fsp3) is 0.0435. The van der Waals surface area contributed by atoms with Crippen molar-refractivity contribution >= 4 is 28.4 Å². The van der Waals surface area contributed by atoms with E-state index in [1.165, 1.54) is 0 Å². The molecule has 0 saturated carbocycles. The Morgan fingerprint density at radius 1 is 1.10 bits per heavy atom. The minimum absolute atomic E-state index is 0.116. The quantitative estimate of drug-likeness (QED) is 0.458. The topological polar surface area (TPSA) is 134 Å². The van der Waals surface area contributed by atoms with E-state index in [-0.39, 0.29) is 11.6 Å². The van der Waals surface area contributed by atoms with Crippen LogP contribution in [-0.4, -0.2) is 22.0 Å². The Kier molecular flexibility index (Phi) is 5.08. The van der Waals surface area contributed by atoms with Crippen LogP contribution in [0.15, 0.2) is 60.7 Å².